The summed E-state index contributed by atoms with van der Waals surface area (Å²) in [7, 11) is 1.62. The van der Waals surface area contributed by atoms with E-state index >= 15 is 0 Å². The highest BCUT2D eigenvalue weighted by Gasteiger charge is 2.46. The predicted octanol–water partition coefficient (Wildman–Crippen LogP) is 0.748. The molecule has 3 saturated heterocycles. The van der Waals surface area contributed by atoms with E-state index in [0.29, 0.717) is 24.7 Å². The van der Waals surface area contributed by atoms with Gasteiger partial charge in [0.05, 0.1) is 19.6 Å². The van der Waals surface area contributed by atoms with Crippen molar-refractivity contribution in [3.05, 3.63) is 29.8 Å². The first-order valence-electron chi connectivity index (χ1n) is 10.3. The van der Waals surface area contributed by atoms with Crippen molar-refractivity contribution in [1.82, 2.24) is 20.4 Å². The lowest BCUT2D eigenvalue weighted by molar-refractivity contribution is -0.133. The number of alkyl halides is 1. The zero-order chi connectivity index (χ0) is 20.5. The molecule has 2 N–H and O–H groups in total. The van der Waals surface area contributed by atoms with E-state index in [1.165, 1.54) is 0 Å². The zero-order valence-electron chi connectivity index (χ0n) is 16.9. The van der Waals surface area contributed by atoms with Crippen LogP contribution in [0, 0.1) is 11.8 Å². The number of methoxy groups -OCH3 is 1. The van der Waals surface area contributed by atoms with Crippen LogP contribution in [0.25, 0.3) is 0 Å². The summed E-state index contributed by atoms with van der Waals surface area (Å²) in [5.41, 5.74) is 0.902. The van der Waals surface area contributed by atoms with Gasteiger partial charge in [-0.2, -0.15) is 0 Å². The number of likely N-dealkylation sites (tertiary alicyclic amines) is 2. The number of ether oxygens (including phenoxy) is 1. The second-order valence-electron chi connectivity index (χ2n) is 8.26. The maximum absolute atomic E-state index is 14.0. The van der Waals surface area contributed by atoms with Crippen LogP contribution < -0.4 is 15.4 Å². The van der Waals surface area contributed by atoms with E-state index < -0.39 is 18.1 Å². The number of nitrogens with zero attached hydrogens (tertiary/aromatic N) is 2. The number of nitrogens with one attached hydrogen (secondary N) is 2. The third kappa shape index (κ3) is 3.96. The van der Waals surface area contributed by atoms with E-state index in [4.69, 9.17) is 4.74 Å². The molecule has 5 unspecified atom stereocenters. The van der Waals surface area contributed by atoms with Crippen LogP contribution in [0.1, 0.15) is 18.9 Å². The average Bonchev–Trinajstić information content (AvgIpc) is 3.30. The largest absolute Gasteiger partial charge is 0.496 e. The van der Waals surface area contributed by atoms with Gasteiger partial charge in [0.15, 0.2) is 6.17 Å². The SMILES string of the molecule is CCC1NC(N2CC3CN(C(=O)Cc4ccccc4OC)CC3C2)NC(=O)C1F. The molecule has 5 atom stereocenters. The minimum atomic E-state index is -1.50. The van der Waals surface area contributed by atoms with Gasteiger partial charge < -0.3 is 15.0 Å². The quantitative estimate of drug-likeness (QED) is 0.758. The van der Waals surface area contributed by atoms with Gasteiger partial charge in [0.1, 0.15) is 12.0 Å². The summed E-state index contributed by atoms with van der Waals surface area (Å²) in [6.45, 7) is 4.89. The maximum Gasteiger partial charge on any atom is 0.258 e. The Morgan fingerprint density at radius 1 is 1.21 bits per heavy atom. The monoisotopic (exact) mass is 404 g/mol. The molecule has 0 bridgehead atoms. The number of rotatable bonds is 5. The summed E-state index contributed by atoms with van der Waals surface area (Å²) in [4.78, 5) is 28.8. The molecule has 3 aliphatic rings. The lowest BCUT2D eigenvalue weighted by Crippen LogP contribution is -2.67. The van der Waals surface area contributed by atoms with Crippen LogP contribution in [0.3, 0.4) is 0 Å². The van der Waals surface area contributed by atoms with E-state index in [0.717, 1.165) is 37.5 Å². The first-order chi connectivity index (χ1) is 14.0. The van der Waals surface area contributed by atoms with Gasteiger partial charge in [-0.25, -0.2) is 4.39 Å². The second kappa shape index (κ2) is 8.28. The number of hydrogen-bond donors (Lipinski definition) is 2. The number of carbonyl (C=O) groups excluding carboxylic acids is 2. The molecule has 0 aliphatic carbocycles. The fourth-order valence-corrected chi connectivity index (χ4v) is 4.82. The van der Waals surface area contributed by atoms with Gasteiger partial charge in [0.2, 0.25) is 5.91 Å². The number of amides is 2. The summed E-state index contributed by atoms with van der Waals surface area (Å²) in [6.07, 6.45) is -0.926. The van der Waals surface area contributed by atoms with E-state index in [2.05, 4.69) is 15.5 Å². The molecular formula is C21H29FN4O3. The molecule has 7 nitrogen and oxygen atoms in total. The molecule has 158 valence electrons. The van der Waals surface area contributed by atoms with Gasteiger partial charge in [0.25, 0.3) is 5.91 Å². The molecule has 0 spiro atoms. The van der Waals surface area contributed by atoms with Crippen molar-refractivity contribution in [3.8, 4) is 5.75 Å². The standard InChI is InChI=1S/C21H29FN4O3/c1-3-16-19(22)20(28)24-21(23-16)26-11-14-9-25(10-15(14)12-26)18(27)8-13-6-4-5-7-17(13)29-2/h4-7,14-16,19,21,23H,3,8-12H2,1-2H3,(H,24,28). The van der Waals surface area contributed by atoms with Gasteiger partial charge >= 0.3 is 0 Å². The average molecular weight is 404 g/mol. The third-order valence-electron chi connectivity index (χ3n) is 6.46. The van der Waals surface area contributed by atoms with Crippen molar-refractivity contribution < 1.29 is 18.7 Å². The lowest BCUT2D eigenvalue weighted by Gasteiger charge is -2.38. The summed E-state index contributed by atoms with van der Waals surface area (Å²) >= 11 is 0. The Bertz CT molecular complexity index is 762. The van der Waals surface area contributed by atoms with Gasteiger partial charge in [-0.3, -0.25) is 19.8 Å². The first-order valence-corrected chi connectivity index (χ1v) is 10.3. The van der Waals surface area contributed by atoms with Crippen molar-refractivity contribution in [3.63, 3.8) is 0 Å². The van der Waals surface area contributed by atoms with Crippen LogP contribution in [0.4, 0.5) is 4.39 Å². The number of hydrogen-bond acceptors (Lipinski definition) is 5. The van der Waals surface area contributed by atoms with Gasteiger partial charge in [-0.15, -0.1) is 0 Å². The summed E-state index contributed by atoms with van der Waals surface area (Å²) in [5.74, 6) is 1.07. The van der Waals surface area contributed by atoms with Crippen molar-refractivity contribution in [1.29, 1.82) is 0 Å². The van der Waals surface area contributed by atoms with E-state index in [1.54, 1.807) is 7.11 Å². The molecule has 0 aromatic heterocycles. The predicted molar refractivity (Wildman–Crippen MR) is 106 cm³/mol. The highest BCUT2D eigenvalue weighted by molar-refractivity contribution is 5.82. The molecule has 3 heterocycles. The van der Waals surface area contributed by atoms with Crippen LogP contribution in [0.5, 0.6) is 5.75 Å². The van der Waals surface area contributed by atoms with Gasteiger partial charge in [-0.1, -0.05) is 25.1 Å². The molecule has 29 heavy (non-hydrogen) atoms. The number of para-hydroxylation sites is 1. The molecule has 0 radical (unpaired) electrons. The Morgan fingerprint density at radius 2 is 1.90 bits per heavy atom. The van der Waals surface area contributed by atoms with Crippen LogP contribution in [0.15, 0.2) is 24.3 Å². The van der Waals surface area contributed by atoms with Crippen LogP contribution in [0.2, 0.25) is 0 Å². The Labute approximate surface area is 170 Å². The molecular weight excluding hydrogens is 375 g/mol. The van der Waals surface area contributed by atoms with Crippen molar-refractivity contribution in [2.24, 2.45) is 11.8 Å². The fourth-order valence-electron chi connectivity index (χ4n) is 4.82. The Morgan fingerprint density at radius 3 is 2.55 bits per heavy atom. The Balaban J connectivity index is 1.33. The molecule has 3 fully saturated rings. The Kier molecular flexibility index (Phi) is 5.74. The highest BCUT2D eigenvalue weighted by atomic mass is 19.1. The molecule has 8 heteroatoms. The zero-order valence-corrected chi connectivity index (χ0v) is 16.9. The maximum atomic E-state index is 14.0. The smallest absolute Gasteiger partial charge is 0.258 e. The summed E-state index contributed by atoms with van der Waals surface area (Å²) in [6, 6.07) is 7.16. The van der Waals surface area contributed by atoms with Crippen molar-refractivity contribution in [2.75, 3.05) is 33.3 Å². The van der Waals surface area contributed by atoms with Crippen molar-refractivity contribution >= 4 is 11.8 Å². The third-order valence-corrected chi connectivity index (χ3v) is 6.46. The second-order valence-corrected chi connectivity index (χ2v) is 8.26. The van der Waals surface area contributed by atoms with Crippen LogP contribution >= 0.6 is 0 Å². The molecule has 3 aliphatic heterocycles. The highest BCUT2D eigenvalue weighted by Crippen LogP contribution is 2.33. The van der Waals surface area contributed by atoms with Crippen molar-refractivity contribution in [2.45, 2.75) is 38.3 Å². The number of carbonyl (C=O) groups is 2. The topological polar surface area (TPSA) is 73.9 Å². The summed E-state index contributed by atoms with van der Waals surface area (Å²) in [5, 5.41) is 5.97. The minimum Gasteiger partial charge on any atom is -0.496 e. The molecule has 4 rings (SSSR count). The van der Waals surface area contributed by atoms with E-state index in [9.17, 15) is 14.0 Å². The molecule has 0 saturated carbocycles. The number of fused-ring (bicyclic) bond motifs is 1. The fraction of sp³-hybridized carbons (Fsp3) is 0.619. The minimum absolute atomic E-state index is 0.117. The summed E-state index contributed by atoms with van der Waals surface area (Å²) < 4.78 is 19.3. The van der Waals surface area contributed by atoms with Gasteiger partial charge in [-0.05, 0) is 24.3 Å². The Hall–Kier alpha value is -2.19. The van der Waals surface area contributed by atoms with E-state index in [1.807, 2.05) is 36.1 Å². The molecule has 1 aromatic carbocycles. The normalized spacial score (nSPS) is 32.2. The lowest BCUT2D eigenvalue weighted by atomic mass is 10.0. The molecule has 2 amide bonds. The number of benzene rings is 1. The first kappa shape index (κ1) is 20.1. The van der Waals surface area contributed by atoms with E-state index in [-0.39, 0.29) is 12.2 Å². The molecule has 1 aromatic rings. The van der Waals surface area contributed by atoms with Gasteiger partial charge in [0, 0.05) is 31.7 Å². The van der Waals surface area contributed by atoms with Crippen LogP contribution in [-0.4, -0.2) is 73.4 Å². The number of halogens is 1. The van der Waals surface area contributed by atoms with Crippen LogP contribution in [-0.2, 0) is 16.0 Å².